The van der Waals surface area contributed by atoms with Crippen LogP contribution in [0.5, 0.6) is 5.75 Å². The van der Waals surface area contributed by atoms with Crippen LogP contribution in [0.4, 0.5) is 0 Å². The molecule has 2 aromatic rings. The summed E-state index contributed by atoms with van der Waals surface area (Å²) in [4.78, 5) is 12.3. The molecule has 0 aliphatic rings. The predicted molar refractivity (Wildman–Crippen MR) is 72.6 cm³/mol. The second kappa shape index (κ2) is 5.23. The van der Waals surface area contributed by atoms with Gasteiger partial charge >= 0.3 is 0 Å². The largest absolute Gasteiger partial charge is 0.497 e. The van der Waals surface area contributed by atoms with E-state index in [9.17, 15) is 4.79 Å². The highest BCUT2D eigenvalue weighted by molar-refractivity contribution is 6.31. The Kier molecular flexibility index (Phi) is 3.68. The van der Waals surface area contributed by atoms with E-state index in [4.69, 9.17) is 16.3 Å². The van der Waals surface area contributed by atoms with Gasteiger partial charge in [-0.3, -0.25) is 4.79 Å². The SMILES string of the molecule is COc1ccc(C(=O)c2cc(C)cc(Cl)c2)cc1. The Balaban J connectivity index is 2.34. The second-order valence-electron chi connectivity index (χ2n) is 4.07. The predicted octanol–water partition coefficient (Wildman–Crippen LogP) is 3.89. The molecule has 0 fully saturated rings. The molecular formula is C15H13ClO2. The van der Waals surface area contributed by atoms with E-state index in [0.29, 0.717) is 16.1 Å². The van der Waals surface area contributed by atoms with Crippen molar-refractivity contribution in [1.29, 1.82) is 0 Å². The lowest BCUT2D eigenvalue weighted by Crippen LogP contribution is -2.01. The fourth-order valence-electron chi connectivity index (χ4n) is 1.78. The number of rotatable bonds is 3. The zero-order valence-corrected chi connectivity index (χ0v) is 11.0. The highest BCUT2D eigenvalue weighted by atomic mass is 35.5. The summed E-state index contributed by atoms with van der Waals surface area (Å²) in [5.74, 6) is 0.692. The maximum atomic E-state index is 12.3. The van der Waals surface area contributed by atoms with Gasteiger partial charge in [-0.2, -0.15) is 0 Å². The van der Waals surface area contributed by atoms with Crippen molar-refractivity contribution in [2.24, 2.45) is 0 Å². The average molecular weight is 261 g/mol. The Labute approximate surface area is 111 Å². The standard InChI is InChI=1S/C15H13ClO2/c1-10-7-12(9-13(16)8-10)15(17)11-3-5-14(18-2)6-4-11/h3-9H,1-2H3. The van der Waals surface area contributed by atoms with E-state index in [2.05, 4.69) is 0 Å². The van der Waals surface area contributed by atoms with E-state index in [0.717, 1.165) is 11.3 Å². The average Bonchev–Trinajstić information content (AvgIpc) is 2.37. The van der Waals surface area contributed by atoms with E-state index in [-0.39, 0.29) is 5.78 Å². The van der Waals surface area contributed by atoms with Gasteiger partial charge in [0.25, 0.3) is 0 Å². The first-order chi connectivity index (χ1) is 8.60. The van der Waals surface area contributed by atoms with E-state index >= 15 is 0 Å². The summed E-state index contributed by atoms with van der Waals surface area (Å²) >= 11 is 5.96. The van der Waals surface area contributed by atoms with Gasteiger partial charge in [-0.1, -0.05) is 11.6 Å². The van der Waals surface area contributed by atoms with Gasteiger partial charge in [0.1, 0.15) is 5.75 Å². The highest BCUT2D eigenvalue weighted by Gasteiger charge is 2.10. The van der Waals surface area contributed by atoms with Crippen molar-refractivity contribution in [3.63, 3.8) is 0 Å². The molecule has 18 heavy (non-hydrogen) atoms. The molecular weight excluding hydrogens is 248 g/mol. The quantitative estimate of drug-likeness (QED) is 0.783. The van der Waals surface area contributed by atoms with Crippen LogP contribution in [0.15, 0.2) is 42.5 Å². The summed E-state index contributed by atoms with van der Waals surface area (Å²) < 4.78 is 5.06. The molecule has 3 heteroatoms. The number of hydrogen-bond donors (Lipinski definition) is 0. The van der Waals surface area contributed by atoms with Gasteiger partial charge in [0.05, 0.1) is 7.11 Å². The summed E-state index contributed by atoms with van der Waals surface area (Å²) in [6.45, 7) is 1.91. The van der Waals surface area contributed by atoms with Gasteiger partial charge in [0, 0.05) is 16.1 Å². The molecule has 0 saturated heterocycles. The van der Waals surface area contributed by atoms with Gasteiger partial charge in [-0.05, 0) is 55.0 Å². The fourth-order valence-corrected chi connectivity index (χ4v) is 2.07. The zero-order chi connectivity index (χ0) is 13.1. The number of aryl methyl sites for hydroxylation is 1. The minimum absolute atomic E-state index is 0.0387. The molecule has 0 amide bonds. The summed E-state index contributed by atoms with van der Waals surface area (Å²) in [5, 5.41) is 0.576. The first-order valence-electron chi connectivity index (χ1n) is 5.56. The first-order valence-corrected chi connectivity index (χ1v) is 5.94. The minimum Gasteiger partial charge on any atom is -0.497 e. The fraction of sp³-hybridized carbons (Fsp3) is 0.133. The van der Waals surface area contributed by atoms with E-state index in [1.165, 1.54) is 0 Å². The molecule has 0 atom stereocenters. The molecule has 2 aromatic carbocycles. The van der Waals surface area contributed by atoms with Crippen LogP contribution in [-0.4, -0.2) is 12.9 Å². The Hall–Kier alpha value is -1.80. The van der Waals surface area contributed by atoms with Gasteiger partial charge in [-0.15, -0.1) is 0 Å². The Morgan fingerprint density at radius 3 is 2.28 bits per heavy atom. The van der Waals surface area contributed by atoms with Crippen LogP contribution < -0.4 is 4.74 Å². The molecule has 0 unspecified atom stereocenters. The summed E-state index contributed by atoms with van der Waals surface area (Å²) in [7, 11) is 1.59. The van der Waals surface area contributed by atoms with Crippen LogP contribution >= 0.6 is 11.6 Å². The van der Waals surface area contributed by atoms with Gasteiger partial charge in [-0.25, -0.2) is 0 Å². The van der Waals surface area contributed by atoms with Gasteiger partial charge < -0.3 is 4.74 Å². The molecule has 92 valence electrons. The Bertz CT molecular complexity index is 553. The lowest BCUT2D eigenvalue weighted by Gasteiger charge is -2.05. The third-order valence-electron chi connectivity index (χ3n) is 2.66. The van der Waals surface area contributed by atoms with Crippen LogP contribution in [-0.2, 0) is 0 Å². The Morgan fingerprint density at radius 2 is 1.72 bits per heavy atom. The molecule has 0 saturated carbocycles. The first kappa shape index (κ1) is 12.7. The minimum atomic E-state index is -0.0387. The van der Waals surface area contributed by atoms with Crippen molar-refractivity contribution in [1.82, 2.24) is 0 Å². The van der Waals surface area contributed by atoms with Crippen molar-refractivity contribution < 1.29 is 9.53 Å². The second-order valence-corrected chi connectivity index (χ2v) is 4.51. The number of benzene rings is 2. The number of carbonyl (C=O) groups is 1. The third-order valence-corrected chi connectivity index (χ3v) is 2.87. The van der Waals surface area contributed by atoms with Crippen molar-refractivity contribution >= 4 is 17.4 Å². The summed E-state index contributed by atoms with van der Waals surface area (Å²) in [5.41, 5.74) is 2.20. The van der Waals surface area contributed by atoms with Gasteiger partial charge in [0.2, 0.25) is 0 Å². The van der Waals surface area contributed by atoms with Crippen molar-refractivity contribution in [3.05, 3.63) is 64.2 Å². The third kappa shape index (κ3) is 2.71. The number of ketones is 1. The number of halogens is 1. The van der Waals surface area contributed by atoms with Crippen molar-refractivity contribution in [2.75, 3.05) is 7.11 Å². The van der Waals surface area contributed by atoms with Crippen molar-refractivity contribution in [2.45, 2.75) is 6.92 Å². The number of ether oxygens (including phenoxy) is 1. The van der Waals surface area contributed by atoms with Crippen LogP contribution in [0, 0.1) is 6.92 Å². The smallest absolute Gasteiger partial charge is 0.193 e. The summed E-state index contributed by atoms with van der Waals surface area (Å²) in [6.07, 6.45) is 0. The molecule has 0 spiro atoms. The molecule has 2 rings (SSSR count). The normalized spacial score (nSPS) is 10.2. The Morgan fingerprint density at radius 1 is 1.06 bits per heavy atom. The van der Waals surface area contributed by atoms with Crippen LogP contribution in [0.1, 0.15) is 21.5 Å². The number of methoxy groups -OCH3 is 1. The maximum Gasteiger partial charge on any atom is 0.193 e. The van der Waals surface area contributed by atoms with E-state index < -0.39 is 0 Å². The highest BCUT2D eigenvalue weighted by Crippen LogP contribution is 2.19. The van der Waals surface area contributed by atoms with Gasteiger partial charge in [0.15, 0.2) is 5.78 Å². The molecule has 0 radical (unpaired) electrons. The maximum absolute atomic E-state index is 12.3. The molecule has 0 heterocycles. The molecule has 2 nitrogen and oxygen atoms in total. The molecule has 0 aliphatic carbocycles. The molecule has 0 bridgehead atoms. The molecule has 0 N–H and O–H groups in total. The van der Waals surface area contributed by atoms with Crippen LogP contribution in [0.3, 0.4) is 0 Å². The lowest BCUT2D eigenvalue weighted by atomic mass is 10.0. The lowest BCUT2D eigenvalue weighted by molar-refractivity contribution is 0.103. The topological polar surface area (TPSA) is 26.3 Å². The van der Waals surface area contributed by atoms with Crippen LogP contribution in [0.2, 0.25) is 5.02 Å². The zero-order valence-electron chi connectivity index (χ0n) is 10.2. The van der Waals surface area contributed by atoms with E-state index in [1.54, 1.807) is 37.4 Å². The molecule has 0 aliphatic heterocycles. The summed E-state index contributed by atoms with van der Waals surface area (Å²) in [6, 6.07) is 12.4. The van der Waals surface area contributed by atoms with E-state index in [1.807, 2.05) is 19.1 Å². The number of hydrogen-bond acceptors (Lipinski definition) is 2. The van der Waals surface area contributed by atoms with Crippen LogP contribution in [0.25, 0.3) is 0 Å². The van der Waals surface area contributed by atoms with Crippen molar-refractivity contribution in [3.8, 4) is 5.75 Å². The number of carbonyl (C=O) groups excluding carboxylic acids is 1. The monoisotopic (exact) mass is 260 g/mol. The molecule has 0 aromatic heterocycles.